The van der Waals surface area contributed by atoms with Gasteiger partial charge in [0, 0.05) is 17.5 Å². The minimum atomic E-state index is -3.54. The summed E-state index contributed by atoms with van der Waals surface area (Å²) in [6.07, 6.45) is 11.6. The van der Waals surface area contributed by atoms with Crippen molar-refractivity contribution in [3.63, 3.8) is 0 Å². The number of aromatic nitrogens is 4. The lowest BCUT2D eigenvalue weighted by atomic mass is 10.1. The maximum absolute atomic E-state index is 11.6. The molecule has 0 saturated heterocycles. The van der Waals surface area contributed by atoms with Crippen LogP contribution in [0, 0.1) is 12.3 Å². The second kappa shape index (κ2) is 9.91. The highest BCUT2D eigenvalue weighted by Gasteiger charge is 2.17. The van der Waals surface area contributed by atoms with Crippen molar-refractivity contribution >= 4 is 26.9 Å². The first kappa shape index (κ1) is 22.7. The minimum Gasteiger partial charge on any atom is -0.458 e. The lowest BCUT2D eigenvalue weighted by Gasteiger charge is -2.07. The van der Waals surface area contributed by atoms with Gasteiger partial charge < -0.3 is 10.5 Å². The summed E-state index contributed by atoms with van der Waals surface area (Å²) in [6, 6.07) is 7.27. The van der Waals surface area contributed by atoms with Gasteiger partial charge >= 0.3 is 0 Å². The van der Waals surface area contributed by atoms with Crippen LogP contribution in [-0.4, -0.2) is 34.7 Å². The Balaban J connectivity index is 1.91. The number of terminal acetylenes is 1. The molecule has 0 aliphatic carbocycles. The number of allylic oxidation sites excluding steroid dienone is 3. The Hall–Kier alpha value is -3.94. The van der Waals surface area contributed by atoms with Crippen molar-refractivity contribution in [2.24, 2.45) is 0 Å². The standard InChI is InChI=1S/C22H22N6O3S/c1-4-7-8-17(5-2)31-18-11-9-16(10-12-18)20-19-21(23)24-15-25-22(19)28(27-20)14-13-26-32(29,30)6-3/h1,5-12,15,26H,3,13-14H2,2H3,(H2,23,24,25)/b8-7-,17-5+. The molecule has 0 unspecified atom stereocenters. The van der Waals surface area contributed by atoms with E-state index in [9.17, 15) is 8.42 Å². The Kier molecular flexibility index (Phi) is 7.04. The highest BCUT2D eigenvalue weighted by molar-refractivity contribution is 7.92. The van der Waals surface area contributed by atoms with Crippen LogP contribution >= 0.6 is 0 Å². The number of hydrogen-bond donors (Lipinski definition) is 2. The van der Waals surface area contributed by atoms with Crippen molar-refractivity contribution in [1.29, 1.82) is 0 Å². The lowest BCUT2D eigenvalue weighted by Crippen LogP contribution is -2.25. The molecule has 3 N–H and O–H groups in total. The largest absolute Gasteiger partial charge is 0.458 e. The molecular weight excluding hydrogens is 428 g/mol. The van der Waals surface area contributed by atoms with Gasteiger partial charge in [-0.1, -0.05) is 12.5 Å². The molecule has 3 aromatic rings. The average molecular weight is 451 g/mol. The third kappa shape index (κ3) is 5.21. The number of sulfonamides is 1. The summed E-state index contributed by atoms with van der Waals surface area (Å²) in [6.45, 7) is 5.47. The summed E-state index contributed by atoms with van der Waals surface area (Å²) < 4.78 is 33.0. The van der Waals surface area contributed by atoms with Gasteiger partial charge in [-0.3, -0.25) is 0 Å². The Morgan fingerprint density at radius 1 is 1.34 bits per heavy atom. The summed E-state index contributed by atoms with van der Waals surface area (Å²) in [5.74, 6) is 3.93. The summed E-state index contributed by atoms with van der Waals surface area (Å²) in [7, 11) is -3.54. The van der Waals surface area contributed by atoms with Crippen LogP contribution < -0.4 is 15.2 Å². The van der Waals surface area contributed by atoms with E-state index in [2.05, 4.69) is 32.3 Å². The SMILES string of the molecule is C#C/C=C\C(=C/C)Oc1ccc(-c2nn(CCNS(=O)(=O)C=C)c3ncnc(N)c23)cc1. The molecule has 0 aliphatic rings. The molecule has 0 amide bonds. The molecule has 1 aromatic carbocycles. The molecule has 0 radical (unpaired) electrons. The number of nitrogens with two attached hydrogens (primary N) is 1. The monoisotopic (exact) mass is 450 g/mol. The molecule has 0 aliphatic heterocycles. The molecule has 2 aromatic heterocycles. The molecule has 9 nitrogen and oxygen atoms in total. The van der Waals surface area contributed by atoms with E-state index in [1.54, 1.807) is 35.0 Å². The van der Waals surface area contributed by atoms with E-state index in [4.69, 9.17) is 16.9 Å². The molecule has 0 spiro atoms. The van der Waals surface area contributed by atoms with Crippen molar-refractivity contribution in [2.75, 3.05) is 12.3 Å². The molecule has 0 bridgehead atoms. The van der Waals surface area contributed by atoms with Gasteiger partial charge in [0.2, 0.25) is 10.0 Å². The van der Waals surface area contributed by atoms with E-state index in [0.717, 1.165) is 11.0 Å². The quantitative estimate of drug-likeness (QED) is 0.292. The maximum atomic E-state index is 11.6. The predicted molar refractivity (Wildman–Crippen MR) is 125 cm³/mol. The molecular formula is C22H22N6O3S. The summed E-state index contributed by atoms with van der Waals surface area (Å²) in [5, 5.41) is 6.04. The fourth-order valence-electron chi connectivity index (χ4n) is 2.88. The van der Waals surface area contributed by atoms with Crippen LogP contribution in [0.1, 0.15) is 6.92 Å². The van der Waals surface area contributed by atoms with Crippen LogP contribution in [-0.2, 0) is 16.6 Å². The van der Waals surface area contributed by atoms with Crippen LogP contribution in [0.25, 0.3) is 22.3 Å². The fourth-order valence-corrected chi connectivity index (χ4v) is 3.37. The Morgan fingerprint density at radius 3 is 2.75 bits per heavy atom. The zero-order valence-electron chi connectivity index (χ0n) is 17.4. The predicted octanol–water partition coefficient (Wildman–Crippen LogP) is 2.61. The van der Waals surface area contributed by atoms with E-state index in [0.29, 0.717) is 28.2 Å². The second-order valence-corrected chi connectivity index (χ2v) is 8.16. The van der Waals surface area contributed by atoms with Crippen molar-refractivity contribution in [3.8, 4) is 29.4 Å². The topological polar surface area (TPSA) is 125 Å². The van der Waals surface area contributed by atoms with E-state index < -0.39 is 10.0 Å². The number of rotatable bonds is 9. The van der Waals surface area contributed by atoms with Crippen LogP contribution in [0.15, 0.2) is 66.6 Å². The minimum absolute atomic E-state index is 0.110. The van der Waals surface area contributed by atoms with E-state index in [1.165, 1.54) is 6.33 Å². The Labute approximate surface area is 186 Å². The van der Waals surface area contributed by atoms with Gasteiger partial charge in [0.1, 0.15) is 29.3 Å². The fraction of sp³-hybridized carbons (Fsp3) is 0.136. The van der Waals surface area contributed by atoms with Crippen LogP contribution in [0.3, 0.4) is 0 Å². The van der Waals surface area contributed by atoms with E-state index >= 15 is 0 Å². The van der Waals surface area contributed by atoms with Gasteiger partial charge in [0.15, 0.2) is 5.65 Å². The smallest absolute Gasteiger partial charge is 0.233 e. The summed E-state index contributed by atoms with van der Waals surface area (Å²) in [4.78, 5) is 8.34. The number of nitrogen functional groups attached to an aromatic ring is 1. The van der Waals surface area contributed by atoms with E-state index in [-0.39, 0.29) is 18.9 Å². The number of nitrogens with one attached hydrogen (secondary N) is 1. The number of ether oxygens (including phenoxy) is 1. The third-order valence-corrected chi connectivity index (χ3v) is 5.44. The highest BCUT2D eigenvalue weighted by Crippen LogP contribution is 2.31. The number of anilines is 1. The first-order valence-electron chi connectivity index (χ1n) is 9.55. The Bertz CT molecular complexity index is 1330. The van der Waals surface area contributed by atoms with Crippen LogP contribution in [0.4, 0.5) is 5.82 Å². The highest BCUT2D eigenvalue weighted by atomic mass is 32.2. The summed E-state index contributed by atoms with van der Waals surface area (Å²) >= 11 is 0. The lowest BCUT2D eigenvalue weighted by molar-refractivity contribution is 0.443. The first-order chi connectivity index (χ1) is 15.4. The summed E-state index contributed by atoms with van der Waals surface area (Å²) in [5.41, 5.74) is 7.96. The second-order valence-electron chi connectivity index (χ2n) is 6.45. The number of fused-ring (bicyclic) bond motifs is 1. The molecule has 0 atom stereocenters. The molecule has 2 heterocycles. The Morgan fingerprint density at radius 2 is 2.09 bits per heavy atom. The molecule has 0 saturated carbocycles. The molecule has 3 rings (SSSR count). The molecule has 32 heavy (non-hydrogen) atoms. The number of hydrogen-bond acceptors (Lipinski definition) is 7. The van der Waals surface area contributed by atoms with Gasteiger partial charge in [-0.25, -0.2) is 27.8 Å². The van der Waals surface area contributed by atoms with Gasteiger partial charge in [-0.05, 0) is 49.4 Å². The number of benzene rings is 1. The van der Waals surface area contributed by atoms with Crippen LogP contribution in [0.2, 0.25) is 0 Å². The average Bonchev–Trinajstić information content (AvgIpc) is 3.17. The van der Waals surface area contributed by atoms with Gasteiger partial charge in [0.05, 0.1) is 11.9 Å². The maximum Gasteiger partial charge on any atom is 0.233 e. The first-order valence-corrected chi connectivity index (χ1v) is 11.1. The van der Waals surface area contributed by atoms with Gasteiger partial charge in [0.25, 0.3) is 0 Å². The zero-order chi connectivity index (χ0) is 23.1. The van der Waals surface area contributed by atoms with Gasteiger partial charge in [-0.2, -0.15) is 5.10 Å². The zero-order valence-corrected chi connectivity index (χ0v) is 18.2. The van der Waals surface area contributed by atoms with Crippen molar-refractivity contribution in [1.82, 2.24) is 24.5 Å². The third-order valence-electron chi connectivity index (χ3n) is 4.40. The van der Waals surface area contributed by atoms with Crippen molar-refractivity contribution < 1.29 is 13.2 Å². The van der Waals surface area contributed by atoms with E-state index in [1.807, 2.05) is 19.1 Å². The van der Waals surface area contributed by atoms with Crippen molar-refractivity contribution in [3.05, 3.63) is 66.6 Å². The number of nitrogens with zero attached hydrogens (tertiary/aromatic N) is 4. The molecule has 0 fully saturated rings. The molecule has 164 valence electrons. The van der Waals surface area contributed by atoms with Gasteiger partial charge in [-0.15, -0.1) is 6.42 Å². The molecule has 10 heteroatoms. The van der Waals surface area contributed by atoms with Crippen molar-refractivity contribution in [2.45, 2.75) is 13.5 Å². The normalized spacial score (nSPS) is 12.2. The van der Waals surface area contributed by atoms with Crippen LogP contribution in [0.5, 0.6) is 5.75 Å².